The fourth-order valence-corrected chi connectivity index (χ4v) is 4.01. The lowest BCUT2D eigenvalue weighted by molar-refractivity contribution is -0.131. The van der Waals surface area contributed by atoms with Crippen LogP contribution in [0.25, 0.3) is 0 Å². The molecular weight excluding hydrogens is 314 g/mol. The van der Waals surface area contributed by atoms with Crippen molar-refractivity contribution in [3.05, 3.63) is 48.0 Å². The van der Waals surface area contributed by atoms with E-state index in [0.717, 1.165) is 10.6 Å². The van der Waals surface area contributed by atoms with E-state index >= 15 is 0 Å². The number of aromatic hydroxyl groups is 1. The first-order valence-electron chi connectivity index (χ1n) is 7.02. The third kappa shape index (κ3) is 2.34. The Hall–Kier alpha value is -2.18. The van der Waals surface area contributed by atoms with Crippen LogP contribution >= 0.6 is 11.8 Å². The van der Waals surface area contributed by atoms with Gasteiger partial charge in [0.05, 0.1) is 12.8 Å². The third-order valence-electron chi connectivity index (χ3n) is 3.91. The van der Waals surface area contributed by atoms with Crippen LogP contribution in [0.4, 0.5) is 5.69 Å². The van der Waals surface area contributed by atoms with Gasteiger partial charge in [-0.05, 0) is 30.3 Å². The number of para-hydroxylation sites is 1. The molecule has 0 aliphatic carbocycles. The zero-order valence-electron chi connectivity index (χ0n) is 13.1. The number of ether oxygens (including phenoxy) is 2. The van der Waals surface area contributed by atoms with E-state index in [-0.39, 0.29) is 11.7 Å². The highest BCUT2D eigenvalue weighted by Crippen LogP contribution is 2.53. The summed E-state index contributed by atoms with van der Waals surface area (Å²) in [6.45, 7) is 0. The molecule has 0 saturated heterocycles. The van der Waals surface area contributed by atoms with Gasteiger partial charge in [-0.15, -0.1) is 0 Å². The molecule has 1 aliphatic heterocycles. The van der Waals surface area contributed by atoms with Crippen molar-refractivity contribution in [3.8, 4) is 11.5 Å². The summed E-state index contributed by atoms with van der Waals surface area (Å²) >= 11 is 1.27. The number of anilines is 1. The van der Waals surface area contributed by atoms with E-state index in [2.05, 4.69) is 0 Å². The van der Waals surface area contributed by atoms with Gasteiger partial charge in [0.15, 0.2) is 0 Å². The molecule has 0 saturated carbocycles. The summed E-state index contributed by atoms with van der Waals surface area (Å²) in [5, 5.41) is 10.3. The molecule has 1 unspecified atom stereocenters. The number of phenolic OH excluding ortho intramolecular Hbond substituents is 1. The first kappa shape index (κ1) is 15.7. The van der Waals surface area contributed by atoms with Gasteiger partial charge >= 0.3 is 0 Å². The highest BCUT2D eigenvalue weighted by atomic mass is 32.2. The predicted molar refractivity (Wildman–Crippen MR) is 89.1 cm³/mol. The maximum atomic E-state index is 13.0. The Labute approximate surface area is 138 Å². The fraction of sp³-hybridized carbons (Fsp3) is 0.235. The molecule has 0 aromatic heterocycles. The van der Waals surface area contributed by atoms with Gasteiger partial charge in [-0.3, -0.25) is 4.79 Å². The molecule has 0 radical (unpaired) electrons. The van der Waals surface area contributed by atoms with E-state index in [1.54, 1.807) is 24.1 Å². The monoisotopic (exact) mass is 331 g/mol. The van der Waals surface area contributed by atoms with Crippen molar-refractivity contribution in [2.45, 2.75) is 9.83 Å². The third-order valence-corrected chi connectivity index (χ3v) is 5.33. The summed E-state index contributed by atoms with van der Waals surface area (Å²) in [7, 11) is 4.70. The van der Waals surface area contributed by atoms with Crippen LogP contribution in [0.1, 0.15) is 5.56 Å². The molecule has 1 atom stereocenters. The first-order chi connectivity index (χ1) is 11.0. The summed E-state index contributed by atoms with van der Waals surface area (Å²) in [6.07, 6.45) is 0. The Morgan fingerprint density at radius 3 is 2.61 bits per heavy atom. The highest BCUT2D eigenvalue weighted by Gasteiger charge is 2.49. The van der Waals surface area contributed by atoms with Crippen LogP contribution in [-0.2, 0) is 14.5 Å². The quantitative estimate of drug-likeness (QED) is 0.937. The molecule has 1 N–H and O–H groups in total. The summed E-state index contributed by atoms with van der Waals surface area (Å²) in [5.41, 5.74) is 1.19. The number of thioether (sulfide) groups is 1. The molecule has 0 spiro atoms. The topological polar surface area (TPSA) is 59.0 Å². The summed E-state index contributed by atoms with van der Waals surface area (Å²) < 4.78 is 10.9. The van der Waals surface area contributed by atoms with E-state index in [1.165, 1.54) is 32.0 Å². The lowest BCUT2D eigenvalue weighted by Crippen LogP contribution is -2.47. The SMILES string of the molecule is COc1ccc(O)c(C2(OC)Sc3ccccc3N(C)C2=O)c1. The maximum absolute atomic E-state index is 13.0. The number of hydrogen-bond donors (Lipinski definition) is 1. The molecule has 5 nitrogen and oxygen atoms in total. The number of nitrogens with zero attached hydrogens (tertiary/aromatic N) is 1. The number of carbonyl (C=O) groups is 1. The number of phenols is 1. The van der Waals surface area contributed by atoms with Crippen molar-refractivity contribution in [3.63, 3.8) is 0 Å². The van der Waals surface area contributed by atoms with Crippen LogP contribution in [0, 0.1) is 0 Å². The minimum absolute atomic E-state index is 0.0127. The Balaban J connectivity index is 2.21. The molecule has 6 heteroatoms. The zero-order chi connectivity index (χ0) is 16.6. The number of amides is 1. The minimum atomic E-state index is -1.36. The standard InChI is InChI=1S/C17H17NO4S/c1-18-13-6-4-5-7-15(13)23-17(22-3,16(18)20)12-10-11(21-2)8-9-14(12)19/h4-10,19H,1-3H3. The van der Waals surface area contributed by atoms with Crippen molar-refractivity contribution in [2.75, 3.05) is 26.2 Å². The number of benzene rings is 2. The minimum Gasteiger partial charge on any atom is -0.508 e. The maximum Gasteiger partial charge on any atom is 0.274 e. The van der Waals surface area contributed by atoms with E-state index in [4.69, 9.17) is 9.47 Å². The average Bonchev–Trinajstić information content (AvgIpc) is 2.59. The molecule has 0 fully saturated rings. The van der Waals surface area contributed by atoms with Gasteiger partial charge in [0.1, 0.15) is 11.5 Å². The number of likely N-dealkylation sites (N-methyl/N-ethyl adjacent to an activating group) is 1. The summed E-state index contributed by atoms with van der Waals surface area (Å²) in [6, 6.07) is 12.4. The van der Waals surface area contributed by atoms with Crippen LogP contribution in [0.5, 0.6) is 11.5 Å². The van der Waals surface area contributed by atoms with Gasteiger partial charge < -0.3 is 19.5 Å². The average molecular weight is 331 g/mol. The number of hydrogen-bond acceptors (Lipinski definition) is 5. The second-order valence-corrected chi connectivity index (χ2v) is 6.36. The van der Waals surface area contributed by atoms with E-state index in [1.807, 2.05) is 24.3 Å². The number of methoxy groups -OCH3 is 2. The van der Waals surface area contributed by atoms with Crippen LogP contribution < -0.4 is 9.64 Å². The van der Waals surface area contributed by atoms with Crippen molar-refractivity contribution >= 4 is 23.4 Å². The van der Waals surface area contributed by atoms with E-state index < -0.39 is 4.93 Å². The van der Waals surface area contributed by atoms with Gasteiger partial charge in [0, 0.05) is 24.6 Å². The Kier molecular flexibility index (Phi) is 3.95. The van der Waals surface area contributed by atoms with Gasteiger partial charge in [0.25, 0.3) is 5.91 Å². The molecule has 1 amide bonds. The van der Waals surface area contributed by atoms with Crippen LogP contribution in [0.15, 0.2) is 47.4 Å². The van der Waals surface area contributed by atoms with Gasteiger partial charge in [-0.1, -0.05) is 23.9 Å². The van der Waals surface area contributed by atoms with Crippen molar-refractivity contribution in [1.82, 2.24) is 0 Å². The van der Waals surface area contributed by atoms with Gasteiger partial charge in [0.2, 0.25) is 4.93 Å². The van der Waals surface area contributed by atoms with Crippen molar-refractivity contribution in [1.29, 1.82) is 0 Å². The highest BCUT2D eigenvalue weighted by molar-refractivity contribution is 8.01. The van der Waals surface area contributed by atoms with E-state index in [9.17, 15) is 9.90 Å². The van der Waals surface area contributed by atoms with Crippen LogP contribution in [0.2, 0.25) is 0 Å². The number of carbonyl (C=O) groups excluding carboxylic acids is 1. The van der Waals surface area contributed by atoms with Gasteiger partial charge in [-0.25, -0.2) is 0 Å². The molecule has 1 aliphatic rings. The van der Waals surface area contributed by atoms with Gasteiger partial charge in [-0.2, -0.15) is 0 Å². The molecule has 0 bridgehead atoms. The molecule has 1 heterocycles. The normalized spacial score (nSPS) is 20.3. The molecule has 120 valence electrons. The lowest BCUT2D eigenvalue weighted by Gasteiger charge is -2.39. The molecular formula is C17H17NO4S. The Morgan fingerprint density at radius 1 is 1.17 bits per heavy atom. The zero-order valence-corrected chi connectivity index (χ0v) is 13.9. The van der Waals surface area contributed by atoms with Crippen LogP contribution in [-0.4, -0.2) is 32.3 Å². The summed E-state index contributed by atoms with van der Waals surface area (Å²) in [5.74, 6) is 0.276. The number of rotatable bonds is 3. The molecule has 3 rings (SSSR count). The van der Waals surface area contributed by atoms with Crippen molar-refractivity contribution < 1.29 is 19.4 Å². The Morgan fingerprint density at radius 2 is 1.91 bits per heavy atom. The summed E-state index contributed by atoms with van der Waals surface area (Å²) in [4.78, 5) is 14.1. The number of fused-ring (bicyclic) bond motifs is 1. The lowest BCUT2D eigenvalue weighted by atomic mass is 10.0. The fourth-order valence-electron chi connectivity index (χ4n) is 2.66. The first-order valence-corrected chi connectivity index (χ1v) is 7.84. The largest absolute Gasteiger partial charge is 0.508 e. The predicted octanol–water partition coefficient (Wildman–Crippen LogP) is 2.97. The molecule has 2 aromatic rings. The Bertz CT molecular complexity index is 764. The smallest absolute Gasteiger partial charge is 0.274 e. The molecule has 23 heavy (non-hydrogen) atoms. The second kappa shape index (κ2) is 5.79. The van der Waals surface area contributed by atoms with Crippen molar-refractivity contribution in [2.24, 2.45) is 0 Å². The van der Waals surface area contributed by atoms with E-state index in [0.29, 0.717) is 11.3 Å². The van der Waals surface area contributed by atoms with Crippen LogP contribution in [0.3, 0.4) is 0 Å². The molecule has 2 aromatic carbocycles. The second-order valence-electron chi connectivity index (χ2n) is 5.14.